The fourth-order valence-electron chi connectivity index (χ4n) is 2.82. The molecule has 0 saturated heterocycles. The van der Waals surface area contributed by atoms with Gasteiger partial charge in [0.15, 0.2) is 6.29 Å². The first kappa shape index (κ1) is 16.6. The first-order valence-electron chi connectivity index (χ1n) is 7.51. The highest BCUT2D eigenvalue weighted by Gasteiger charge is 2.31. The molecule has 0 radical (unpaired) electrons. The average Bonchev–Trinajstić information content (AvgIpc) is 2.61. The third-order valence-electron chi connectivity index (χ3n) is 4.03. The lowest BCUT2D eigenvalue weighted by Crippen LogP contribution is -2.23. The highest BCUT2D eigenvalue weighted by molar-refractivity contribution is 9.10. The number of hydrogen-bond donors (Lipinski definition) is 1. The van der Waals surface area contributed by atoms with E-state index in [4.69, 9.17) is 9.47 Å². The summed E-state index contributed by atoms with van der Waals surface area (Å²) in [4.78, 5) is 0. The van der Waals surface area contributed by atoms with Gasteiger partial charge < -0.3 is 14.6 Å². The molecule has 3 rings (SSSR count). The molecule has 0 fully saturated rings. The lowest BCUT2D eigenvalue weighted by atomic mass is 9.85. The Morgan fingerprint density at radius 2 is 1.83 bits per heavy atom. The molecule has 4 nitrogen and oxygen atoms in total. The molecular weight excluding hydrogens is 370 g/mol. The number of ether oxygens (including phenoxy) is 2. The number of allylic oxidation sites excluding steroid dienone is 1. The predicted octanol–water partition coefficient (Wildman–Crippen LogP) is 4.21. The zero-order chi connectivity index (χ0) is 17.1. The molecule has 2 atom stereocenters. The van der Waals surface area contributed by atoms with Crippen LogP contribution < -0.4 is 4.74 Å². The number of hydrogen-bond acceptors (Lipinski definition) is 4. The Bertz CT molecular complexity index is 791. The van der Waals surface area contributed by atoms with Gasteiger partial charge >= 0.3 is 0 Å². The summed E-state index contributed by atoms with van der Waals surface area (Å²) in [6.07, 6.45) is -0.609. The van der Waals surface area contributed by atoms with E-state index in [1.54, 1.807) is 7.11 Å². The van der Waals surface area contributed by atoms with Crippen LogP contribution in [0.3, 0.4) is 0 Å². The smallest absolute Gasteiger partial charge is 0.198 e. The molecule has 0 spiro atoms. The highest BCUT2D eigenvalue weighted by atomic mass is 79.9. The Balaban J connectivity index is 2.06. The van der Waals surface area contributed by atoms with Crippen LogP contribution in [0.5, 0.6) is 5.75 Å². The van der Waals surface area contributed by atoms with Crippen molar-refractivity contribution in [2.24, 2.45) is 0 Å². The average molecular weight is 386 g/mol. The molecule has 1 aliphatic rings. The third kappa shape index (κ3) is 3.30. The number of halogens is 1. The van der Waals surface area contributed by atoms with Gasteiger partial charge in [0, 0.05) is 22.4 Å². The Hall–Kier alpha value is -2.29. The van der Waals surface area contributed by atoms with E-state index in [9.17, 15) is 10.4 Å². The van der Waals surface area contributed by atoms with Gasteiger partial charge in [-0.05, 0) is 29.8 Å². The Morgan fingerprint density at radius 3 is 2.42 bits per heavy atom. The van der Waals surface area contributed by atoms with E-state index >= 15 is 0 Å². The molecule has 5 heteroatoms. The van der Waals surface area contributed by atoms with Crippen molar-refractivity contribution in [1.82, 2.24) is 0 Å². The van der Waals surface area contributed by atoms with E-state index in [0.29, 0.717) is 17.8 Å². The van der Waals surface area contributed by atoms with Gasteiger partial charge in [0.05, 0.1) is 18.8 Å². The van der Waals surface area contributed by atoms with Crippen molar-refractivity contribution in [2.75, 3.05) is 7.11 Å². The molecule has 2 aromatic carbocycles. The monoisotopic (exact) mass is 385 g/mol. The van der Waals surface area contributed by atoms with Gasteiger partial charge in [0.2, 0.25) is 0 Å². The fraction of sp³-hybridized carbons (Fsp3) is 0.211. The maximum atomic E-state index is 10.1. The summed E-state index contributed by atoms with van der Waals surface area (Å²) >= 11 is 3.39. The molecule has 122 valence electrons. The lowest BCUT2D eigenvalue weighted by Gasteiger charge is -2.29. The molecule has 1 N–H and O–H groups in total. The van der Waals surface area contributed by atoms with E-state index in [-0.39, 0.29) is 5.92 Å². The van der Waals surface area contributed by atoms with Gasteiger partial charge in [-0.2, -0.15) is 5.26 Å². The van der Waals surface area contributed by atoms with Crippen molar-refractivity contribution in [3.63, 3.8) is 0 Å². The quantitative estimate of drug-likeness (QED) is 0.858. The number of rotatable bonds is 3. The molecular formula is C19H16BrNO3. The first-order chi connectivity index (χ1) is 11.6. The number of aliphatic hydroxyl groups excluding tert-OH is 1. The summed E-state index contributed by atoms with van der Waals surface area (Å²) in [6.45, 7) is 0. The van der Waals surface area contributed by atoms with E-state index in [1.807, 2.05) is 48.5 Å². The largest absolute Gasteiger partial charge is 0.497 e. The zero-order valence-corrected chi connectivity index (χ0v) is 14.7. The van der Waals surface area contributed by atoms with Crippen LogP contribution in [0.15, 0.2) is 58.6 Å². The minimum atomic E-state index is -0.951. The number of benzene rings is 2. The van der Waals surface area contributed by atoms with Crippen LogP contribution in [-0.4, -0.2) is 18.5 Å². The van der Waals surface area contributed by atoms with Crippen LogP contribution in [0, 0.1) is 11.3 Å². The van der Waals surface area contributed by atoms with E-state index in [2.05, 4.69) is 22.0 Å². The molecule has 1 unspecified atom stereocenters. The Labute approximate surface area is 149 Å². The Kier molecular flexibility index (Phi) is 4.89. The second-order valence-electron chi connectivity index (χ2n) is 5.50. The van der Waals surface area contributed by atoms with Crippen LogP contribution in [0.25, 0.3) is 5.76 Å². The predicted molar refractivity (Wildman–Crippen MR) is 94.1 cm³/mol. The molecule has 0 saturated carbocycles. The van der Waals surface area contributed by atoms with Crippen molar-refractivity contribution in [3.8, 4) is 11.8 Å². The van der Waals surface area contributed by atoms with Gasteiger partial charge in [-0.1, -0.05) is 40.2 Å². The summed E-state index contributed by atoms with van der Waals surface area (Å²) in [5.74, 6) is 0.967. The van der Waals surface area contributed by atoms with Crippen LogP contribution in [0.4, 0.5) is 0 Å². The van der Waals surface area contributed by atoms with Gasteiger partial charge in [-0.15, -0.1) is 0 Å². The first-order valence-corrected chi connectivity index (χ1v) is 8.30. The summed E-state index contributed by atoms with van der Waals surface area (Å²) < 4.78 is 11.7. The SMILES string of the molecule is COc1ccc([C@@H]2CC(O)OC(c3ccc(Br)cc3)=C2C#N)cc1. The van der Waals surface area contributed by atoms with Gasteiger partial charge in [0.1, 0.15) is 11.5 Å². The highest BCUT2D eigenvalue weighted by Crippen LogP contribution is 2.40. The van der Waals surface area contributed by atoms with Crippen molar-refractivity contribution in [3.05, 3.63) is 69.7 Å². The summed E-state index contributed by atoms with van der Waals surface area (Å²) in [5, 5.41) is 19.8. The van der Waals surface area contributed by atoms with Crippen molar-refractivity contribution in [1.29, 1.82) is 5.26 Å². The molecule has 1 aliphatic heterocycles. The van der Waals surface area contributed by atoms with Crippen LogP contribution >= 0.6 is 15.9 Å². The second kappa shape index (κ2) is 7.08. The molecule has 2 aromatic rings. The number of aliphatic hydroxyl groups is 1. The second-order valence-corrected chi connectivity index (χ2v) is 6.41. The molecule has 24 heavy (non-hydrogen) atoms. The van der Waals surface area contributed by atoms with Gasteiger partial charge in [-0.25, -0.2) is 0 Å². The lowest BCUT2D eigenvalue weighted by molar-refractivity contribution is -0.0545. The molecule has 0 aliphatic carbocycles. The minimum Gasteiger partial charge on any atom is -0.497 e. The fourth-order valence-corrected chi connectivity index (χ4v) is 3.08. The molecule has 1 heterocycles. The maximum Gasteiger partial charge on any atom is 0.198 e. The third-order valence-corrected chi connectivity index (χ3v) is 4.56. The minimum absolute atomic E-state index is 0.219. The van der Waals surface area contributed by atoms with E-state index < -0.39 is 6.29 Å². The number of methoxy groups -OCH3 is 1. The topological polar surface area (TPSA) is 62.5 Å². The summed E-state index contributed by atoms with van der Waals surface area (Å²) in [5.41, 5.74) is 2.24. The van der Waals surface area contributed by atoms with Crippen molar-refractivity contribution >= 4 is 21.7 Å². The molecule has 0 amide bonds. The summed E-state index contributed by atoms with van der Waals surface area (Å²) in [7, 11) is 1.61. The Morgan fingerprint density at radius 1 is 1.17 bits per heavy atom. The maximum absolute atomic E-state index is 10.1. The van der Waals surface area contributed by atoms with Crippen molar-refractivity contribution < 1.29 is 14.6 Å². The van der Waals surface area contributed by atoms with E-state index in [0.717, 1.165) is 21.3 Å². The normalized spacial score (nSPS) is 20.2. The number of nitriles is 1. The molecule has 0 bridgehead atoms. The summed E-state index contributed by atoms with van der Waals surface area (Å²) in [6, 6.07) is 17.3. The number of nitrogens with zero attached hydrogens (tertiary/aromatic N) is 1. The van der Waals surface area contributed by atoms with Gasteiger partial charge in [0.25, 0.3) is 0 Å². The van der Waals surface area contributed by atoms with Crippen molar-refractivity contribution in [2.45, 2.75) is 18.6 Å². The molecule has 0 aromatic heterocycles. The zero-order valence-electron chi connectivity index (χ0n) is 13.1. The standard InChI is InChI=1S/C19H16BrNO3/c1-23-15-8-4-12(5-9-15)16-10-18(22)24-19(17(16)11-21)13-2-6-14(20)7-3-13/h2-9,16,18,22H,10H2,1H3/t16-,18?/m0/s1. The van der Waals surface area contributed by atoms with Crippen LogP contribution in [0.1, 0.15) is 23.5 Å². The van der Waals surface area contributed by atoms with Gasteiger partial charge in [-0.3, -0.25) is 0 Å². The van der Waals surface area contributed by atoms with Crippen LogP contribution in [0.2, 0.25) is 0 Å². The van der Waals surface area contributed by atoms with E-state index in [1.165, 1.54) is 0 Å². The van der Waals surface area contributed by atoms with Crippen LogP contribution in [-0.2, 0) is 4.74 Å².